The molecule has 1 aliphatic heterocycles. The zero-order valence-electron chi connectivity index (χ0n) is 10.1. The van der Waals surface area contributed by atoms with Gasteiger partial charge in [0.1, 0.15) is 5.69 Å². The summed E-state index contributed by atoms with van der Waals surface area (Å²) in [6.45, 7) is 5.88. The summed E-state index contributed by atoms with van der Waals surface area (Å²) in [4.78, 5) is 18.2. The normalized spacial score (nSPS) is 24.7. The van der Waals surface area contributed by atoms with Gasteiger partial charge in [0.15, 0.2) is 0 Å². The second kappa shape index (κ2) is 4.96. The molecule has 1 amide bonds. The Morgan fingerprint density at radius 1 is 1.41 bits per heavy atom. The first-order chi connectivity index (χ1) is 8.06. The highest BCUT2D eigenvalue weighted by Crippen LogP contribution is 2.25. The van der Waals surface area contributed by atoms with Crippen molar-refractivity contribution in [2.45, 2.75) is 24.3 Å². The van der Waals surface area contributed by atoms with Crippen LogP contribution in [0.15, 0.2) is 18.3 Å². The standard InChI is InChI=1S/C12H17N3OS/c1-8-6-15(7-9(2)17-8)12(16)11-4-3-10(13)5-14-11/h3-5,8-9H,6-7,13H2,1-2H3. The maximum atomic E-state index is 12.2. The lowest BCUT2D eigenvalue weighted by atomic mass is 10.2. The minimum absolute atomic E-state index is 0.00370. The van der Waals surface area contributed by atoms with Gasteiger partial charge >= 0.3 is 0 Å². The smallest absolute Gasteiger partial charge is 0.272 e. The summed E-state index contributed by atoms with van der Waals surface area (Å²) < 4.78 is 0. The Morgan fingerprint density at radius 2 is 2.06 bits per heavy atom. The third-order valence-electron chi connectivity index (χ3n) is 2.71. The summed E-state index contributed by atoms with van der Waals surface area (Å²) in [6.07, 6.45) is 1.53. The van der Waals surface area contributed by atoms with E-state index in [0.29, 0.717) is 21.9 Å². The molecule has 2 heterocycles. The molecule has 2 unspecified atom stereocenters. The second-order valence-electron chi connectivity index (χ2n) is 4.44. The summed E-state index contributed by atoms with van der Waals surface area (Å²) in [5, 5.41) is 0.966. The summed E-state index contributed by atoms with van der Waals surface area (Å²) in [5.41, 5.74) is 6.62. The molecule has 2 atom stereocenters. The Hall–Kier alpha value is -1.23. The second-order valence-corrected chi connectivity index (χ2v) is 6.33. The molecule has 0 saturated carbocycles. The number of rotatable bonds is 1. The predicted molar refractivity (Wildman–Crippen MR) is 71.1 cm³/mol. The average Bonchev–Trinajstić information content (AvgIpc) is 2.28. The number of nitrogens with two attached hydrogens (primary N) is 1. The molecule has 5 heteroatoms. The van der Waals surface area contributed by atoms with Crippen LogP contribution < -0.4 is 5.73 Å². The van der Waals surface area contributed by atoms with Crippen molar-refractivity contribution in [2.24, 2.45) is 0 Å². The highest BCUT2D eigenvalue weighted by atomic mass is 32.2. The first kappa shape index (κ1) is 12.2. The van der Waals surface area contributed by atoms with Crippen molar-refractivity contribution in [3.8, 4) is 0 Å². The van der Waals surface area contributed by atoms with E-state index in [1.807, 2.05) is 16.7 Å². The number of nitrogens with zero attached hydrogens (tertiary/aromatic N) is 2. The van der Waals surface area contributed by atoms with Crippen molar-refractivity contribution in [3.63, 3.8) is 0 Å². The van der Waals surface area contributed by atoms with E-state index in [2.05, 4.69) is 18.8 Å². The van der Waals surface area contributed by atoms with Crippen molar-refractivity contribution in [1.82, 2.24) is 9.88 Å². The number of aromatic nitrogens is 1. The SMILES string of the molecule is CC1CN(C(=O)c2ccc(N)cn2)CC(C)S1. The minimum atomic E-state index is 0.00370. The number of hydrogen-bond donors (Lipinski definition) is 1. The van der Waals surface area contributed by atoms with Gasteiger partial charge in [0.05, 0.1) is 11.9 Å². The highest BCUT2D eigenvalue weighted by Gasteiger charge is 2.26. The van der Waals surface area contributed by atoms with Crippen LogP contribution in [0.2, 0.25) is 0 Å². The number of carbonyl (C=O) groups excluding carboxylic acids is 1. The minimum Gasteiger partial charge on any atom is -0.397 e. The van der Waals surface area contributed by atoms with Crippen LogP contribution in [0.1, 0.15) is 24.3 Å². The summed E-state index contributed by atoms with van der Waals surface area (Å²) >= 11 is 1.93. The molecular formula is C12H17N3OS. The van der Waals surface area contributed by atoms with Crippen molar-refractivity contribution < 1.29 is 4.79 Å². The Labute approximate surface area is 106 Å². The summed E-state index contributed by atoms with van der Waals surface area (Å²) in [7, 11) is 0. The number of nitrogen functional groups attached to an aromatic ring is 1. The van der Waals surface area contributed by atoms with E-state index in [-0.39, 0.29) is 5.91 Å². The first-order valence-electron chi connectivity index (χ1n) is 5.72. The molecule has 0 spiro atoms. The fourth-order valence-electron chi connectivity index (χ4n) is 2.04. The lowest BCUT2D eigenvalue weighted by Gasteiger charge is -2.34. The maximum Gasteiger partial charge on any atom is 0.272 e. The Balaban J connectivity index is 2.11. The summed E-state index contributed by atoms with van der Waals surface area (Å²) in [5.74, 6) is 0.00370. The number of hydrogen-bond acceptors (Lipinski definition) is 4. The van der Waals surface area contributed by atoms with Crippen LogP contribution in [0.5, 0.6) is 0 Å². The zero-order valence-corrected chi connectivity index (χ0v) is 10.9. The van der Waals surface area contributed by atoms with Crippen LogP contribution in [0.25, 0.3) is 0 Å². The largest absolute Gasteiger partial charge is 0.397 e. The van der Waals surface area contributed by atoms with E-state index in [1.54, 1.807) is 12.1 Å². The molecule has 2 rings (SSSR count). The molecule has 2 N–H and O–H groups in total. The van der Waals surface area contributed by atoms with Gasteiger partial charge in [0.2, 0.25) is 0 Å². The molecule has 4 nitrogen and oxygen atoms in total. The predicted octanol–water partition coefficient (Wildman–Crippen LogP) is 1.63. The third-order valence-corrected chi connectivity index (χ3v) is 3.94. The van der Waals surface area contributed by atoms with Gasteiger partial charge in [0.25, 0.3) is 5.91 Å². The number of carbonyl (C=O) groups is 1. The average molecular weight is 251 g/mol. The van der Waals surface area contributed by atoms with E-state index in [1.165, 1.54) is 6.20 Å². The number of pyridine rings is 1. The third kappa shape index (κ3) is 2.91. The molecule has 1 aromatic rings. The van der Waals surface area contributed by atoms with E-state index in [9.17, 15) is 4.79 Å². The number of anilines is 1. The van der Waals surface area contributed by atoms with E-state index >= 15 is 0 Å². The van der Waals surface area contributed by atoms with Gasteiger partial charge in [-0.05, 0) is 12.1 Å². The van der Waals surface area contributed by atoms with Crippen LogP contribution in [0, 0.1) is 0 Å². The lowest BCUT2D eigenvalue weighted by molar-refractivity contribution is 0.0747. The zero-order chi connectivity index (χ0) is 12.4. The molecular weight excluding hydrogens is 234 g/mol. The van der Waals surface area contributed by atoms with Gasteiger partial charge in [-0.2, -0.15) is 11.8 Å². The Morgan fingerprint density at radius 3 is 2.59 bits per heavy atom. The first-order valence-corrected chi connectivity index (χ1v) is 6.67. The van der Waals surface area contributed by atoms with Gasteiger partial charge in [0, 0.05) is 23.6 Å². The van der Waals surface area contributed by atoms with Gasteiger partial charge in [-0.25, -0.2) is 4.98 Å². The molecule has 1 fully saturated rings. The van der Waals surface area contributed by atoms with Gasteiger partial charge in [-0.1, -0.05) is 13.8 Å². The van der Waals surface area contributed by atoms with E-state index in [4.69, 9.17) is 5.73 Å². The van der Waals surface area contributed by atoms with Crippen LogP contribution in [-0.4, -0.2) is 39.4 Å². The molecule has 0 aliphatic carbocycles. The van der Waals surface area contributed by atoms with Crippen molar-refractivity contribution in [2.75, 3.05) is 18.8 Å². The van der Waals surface area contributed by atoms with Gasteiger partial charge < -0.3 is 10.6 Å². The molecule has 0 bridgehead atoms. The van der Waals surface area contributed by atoms with Crippen LogP contribution in [0.3, 0.4) is 0 Å². The van der Waals surface area contributed by atoms with Gasteiger partial charge in [-0.15, -0.1) is 0 Å². The van der Waals surface area contributed by atoms with Crippen LogP contribution in [-0.2, 0) is 0 Å². The van der Waals surface area contributed by atoms with E-state index < -0.39 is 0 Å². The molecule has 92 valence electrons. The van der Waals surface area contributed by atoms with Crippen LogP contribution >= 0.6 is 11.8 Å². The fourth-order valence-corrected chi connectivity index (χ4v) is 3.36. The lowest BCUT2D eigenvalue weighted by Crippen LogP contribution is -2.44. The molecule has 0 aromatic carbocycles. The van der Waals surface area contributed by atoms with Gasteiger partial charge in [-0.3, -0.25) is 4.79 Å². The molecule has 0 radical (unpaired) electrons. The maximum absolute atomic E-state index is 12.2. The molecule has 17 heavy (non-hydrogen) atoms. The number of thioether (sulfide) groups is 1. The Bertz CT molecular complexity index is 397. The molecule has 1 saturated heterocycles. The van der Waals surface area contributed by atoms with Crippen molar-refractivity contribution >= 4 is 23.4 Å². The quantitative estimate of drug-likeness (QED) is 0.824. The Kier molecular flexibility index (Phi) is 3.57. The highest BCUT2D eigenvalue weighted by molar-refractivity contribution is 8.00. The van der Waals surface area contributed by atoms with Crippen molar-refractivity contribution in [1.29, 1.82) is 0 Å². The monoisotopic (exact) mass is 251 g/mol. The van der Waals surface area contributed by atoms with Crippen molar-refractivity contribution in [3.05, 3.63) is 24.0 Å². The molecule has 1 aromatic heterocycles. The fraction of sp³-hybridized carbons (Fsp3) is 0.500. The summed E-state index contributed by atoms with van der Waals surface area (Å²) in [6, 6.07) is 3.40. The number of amides is 1. The van der Waals surface area contributed by atoms with Crippen LogP contribution in [0.4, 0.5) is 5.69 Å². The molecule has 1 aliphatic rings. The topological polar surface area (TPSA) is 59.2 Å². The van der Waals surface area contributed by atoms with E-state index in [0.717, 1.165) is 13.1 Å².